The van der Waals surface area contributed by atoms with Gasteiger partial charge in [-0.2, -0.15) is 0 Å². The van der Waals surface area contributed by atoms with Crippen molar-refractivity contribution < 1.29 is 4.74 Å². The average Bonchev–Trinajstić information content (AvgIpc) is 2.39. The molecule has 0 N–H and O–H groups in total. The molecule has 2 heteroatoms. The Morgan fingerprint density at radius 1 is 1.05 bits per heavy atom. The number of aryl methyl sites for hydroxylation is 1. The van der Waals surface area contributed by atoms with Gasteiger partial charge in [-0.1, -0.05) is 55.3 Å². The van der Waals surface area contributed by atoms with E-state index in [0.29, 0.717) is 12.5 Å². The third kappa shape index (κ3) is 4.28. The van der Waals surface area contributed by atoms with E-state index in [9.17, 15) is 0 Å². The summed E-state index contributed by atoms with van der Waals surface area (Å²) in [4.78, 5) is 0. The molecule has 0 atom stereocenters. The van der Waals surface area contributed by atoms with Crippen LogP contribution in [0.25, 0.3) is 0 Å². The van der Waals surface area contributed by atoms with Crippen LogP contribution in [-0.4, -0.2) is 0 Å². The lowest BCUT2D eigenvalue weighted by atomic mass is 10.0. The van der Waals surface area contributed by atoms with Gasteiger partial charge in [-0.05, 0) is 48.6 Å². The summed E-state index contributed by atoms with van der Waals surface area (Å²) >= 11 is 6.08. The Morgan fingerprint density at radius 2 is 1.75 bits per heavy atom. The van der Waals surface area contributed by atoms with Gasteiger partial charge in [0.15, 0.2) is 0 Å². The van der Waals surface area contributed by atoms with E-state index in [-0.39, 0.29) is 0 Å². The molecule has 2 aromatic carbocycles. The molecule has 0 saturated heterocycles. The Morgan fingerprint density at radius 3 is 2.40 bits per heavy atom. The number of rotatable bonds is 5. The van der Waals surface area contributed by atoms with Crippen molar-refractivity contribution in [2.24, 2.45) is 5.92 Å². The van der Waals surface area contributed by atoms with Crippen LogP contribution in [-0.2, 0) is 13.0 Å². The number of halogens is 1. The van der Waals surface area contributed by atoms with Crippen molar-refractivity contribution in [2.75, 3.05) is 0 Å². The van der Waals surface area contributed by atoms with Crippen LogP contribution in [0.1, 0.15) is 30.5 Å². The highest BCUT2D eigenvalue weighted by atomic mass is 35.5. The molecule has 0 heterocycles. The van der Waals surface area contributed by atoms with Crippen molar-refractivity contribution in [3.05, 3.63) is 64.2 Å². The second-order valence-electron chi connectivity index (χ2n) is 5.62. The minimum atomic E-state index is 0.579. The SMILES string of the molecule is Cc1ccc(COc2ccc(Cl)cc2CC(C)C)cc1. The van der Waals surface area contributed by atoms with Crippen molar-refractivity contribution in [1.29, 1.82) is 0 Å². The Bertz CT molecular complexity index is 558. The smallest absolute Gasteiger partial charge is 0.123 e. The number of hydrogen-bond donors (Lipinski definition) is 0. The number of ether oxygens (including phenoxy) is 1. The van der Waals surface area contributed by atoms with E-state index in [2.05, 4.69) is 45.0 Å². The van der Waals surface area contributed by atoms with Gasteiger partial charge in [0.1, 0.15) is 12.4 Å². The van der Waals surface area contributed by atoms with E-state index in [4.69, 9.17) is 16.3 Å². The first kappa shape index (κ1) is 14.9. The molecule has 0 aliphatic carbocycles. The molecule has 0 spiro atoms. The molecule has 0 radical (unpaired) electrons. The Kier molecular flexibility index (Phi) is 5.08. The summed E-state index contributed by atoms with van der Waals surface area (Å²) in [6.45, 7) is 7.08. The van der Waals surface area contributed by atoms with Crippen molar-refractivity contribution in [1.82, 2.24) is 0 Å². The van der Waals surface area contributed by atoms with Crippen molar-refractivity contribution in [2.45, 2.75) is 33.8 Å². The highest BCUT2D eigenvalue weighted by Crippen LogP contribution is 2.26. The summed E-state index contributed by atoms with van der Waals surface area (Å²) < 4.78 is 5.96. The van der Waals surface area contributed by atoms with Crippen LogP contribution < -0.4 is 4.74 Å². The van der Waals surface area contributed by atoms with Crippen LogP contribution in [0.3, 0.4) is 0 Å². The maximum Gasteiger partial charge on any atom is 0.123 e. The minimum Gasteiger partial charge on any atom is -0.489 e. The zero-order valence-electron chi connectivity index (χ0n) is 12.3. The van der Waals surface area contributed by atoms with Crippen LogP contribution in [0.2, 0.25) is 5.02 Å². The van der Waals surface area contributed by atoms with Crippen LogP contribution in [0, 0.1) is 12.8 Å². The van der Waals surface area contributed by atoms with Gasteiger partial charge < -0.3 is 4.74 Å². The molecule has 1 nitrogen and oxygen atoms in total. The second kappa shape index (κ2) is 6.81. The van der Waals surface area contributed by atoms with Gasteiger partial charge in [-0.3, -0.25) is 0 Å². The second-order valence-corrected chi connectivity index (χ2v) is 6.06. The molecule has 0 saturated carbocycles. The first-order valence-corrected chi connectivity index (χ1v) is 7.39. The predicted molar refractivity (Wildman–Crippen MR) is 85.5 cm³/mol. The van der Waals surface area contributed by atoms with Gasteiger partial charge in [0.25, 0.3) is 0 Å². The maximum absolute atomic E-state index is 6.08. The maximum atomic E-state index is 6.08. The zero-order chi connectivity index (χ0) is 14.5. The van der Waals surface area contributed by atoms with E-state index in [1.54, 1.807) is 0 Å². The molecule has 0 aliphatic rings. The molecule has 0 aromatic heterocycles. The molecule has 0 aliphatic heterocycles. The Balaban J connectivity index is 2.10. The fourth-order valence-corrected chi connectivity index (χ4v) is 2.33. The predicted octanol–water partition coefficient (Wildman–Crippen LogP) is 5.43. The molecule has 0 fully saturated rings. The lowest BCUT2D eigenvalue weighted by Crippen LogP contribution is -2.01. The molecular formula is C18H21ClO. The van der Waals surface area contributed by atoms with E-state index >= 15 is 0 Å². The van der Waals surface area contributed by atoms with Crippen molar-refractivity contribution in [3.8, 4) is 5.75 Å². The summed E-state index contributed by atoms with van der Waals surface area (Å²) in [5.74, 6) is 1.51. The summed E-state index contributed by atoms with van der Waals surface area (Å²) in [6.07, 6.45) is 0.976. The van der Waals surface area contributed by atoms with Crippen LogP contribution >= 0.6 is 11.6 Å². The molecule has 2 rings (SSSR count). The van der Waals surface area contributed by atoms with Gasteiger partial charge >= 0.3 is 0 Å². The van der Waals surface area contributed by atoms with Crippen molar-refractivity contribution in [3.63, 3.8) is 0 Å². The van der Waals surface area contributed by atoms with Crippen molar-refractivity contribution >= 4 is 11.6 Å². The zero-order valence-corrected chi connectivity index (χ0v) is 13.1. The van der Waals surface area contributed by atoms with Crippen LogP contribution in [0.4, 0.5) is 0 Å². The first-order valence-electron chi connectivity index (χ1n) is 7.01. The third-order valence-corrected chi connectivity index (χ3v) is 3.40. The highest BCUT2D eigenvalue weighted by molar-refractivity contribution is 6.30. The summed E-state index contributed by atoms with van der Waals surface area (Å²) in [5.41, 5.74) is 3.63. The Hall–Kier alpha value is -1.47. The molecule has 106 valence electrons. The molecule has 20 heavy (non-hydrogen) atoms. The third-order valence-electron chi connectivity index (χ3n) is 3.17. The number of hydrogen-bond acceptors (Lipinski definition) is 1. The van der Waals surface area contributed by atoms with E-state index in [0.717, 1.165) is 17.2 Å². The molecule has 0 bridgehead atoms. The summed E-state index contributed by atoms with van der Waals surface area (Å²) in [7, 11) is 0. The molecular weight excluding hydrogens is 268 g/mol. The van der Waals surface area contributed by atoms with E-state index in [1.807, 2.05) is 18.2 Å². The summed E-state index contributed by atoms with van der Waals surface area (Å²) in [5, 5.41) is 0.767. The fraction of sp³-hybridized carbons (Fsp3) is 0.333. The fourth-order valence-electron chi connectivity index (χ4n) is 2.13. The van der Waals surface area contributed by atoms with E-state index < -0.39 is 0 Å². The Labute approximate surface area is 126 Å². The lowest BCUT2D eigenvalue weighted by Gasteiger charge is -2.13. The number of benzene rings is 2. The topological polar surface area (TPSA) is 9.23 Å². The monoisotopic (exact) mass is 288 g/mol. The van der Waals surface area contributed by atoms with Crippen LogP contribution in [0.5, 0.6) is 5.75 Å². The summed E-state index contributed by atoms with van der Waals surface area (Å²) in [6, 6.07) is 14.3. The molecule has 2 aromatic rings. The standard InChI is InChI=1S/C18H21ClO/c1-13(2)10-16-11-17(19)8-9-18(16)20-12-15-6-4-14(3)5-7-15/h4-9,11,13H,10,12H2,1-3H3. The van der Waals surface area contributed by atoms with Gasteiger partial charge in [-0.25, -0.2) is 0 Å². The average molecular weight is 289 g/mol. The first-order chi connectivity index (χ1) is 9.54. The quantitative estimate of drug-likeness (QED) is 0.713. The van der Waals surface area contributed by atoms with Gasteiger partial charge in [0.05, 0.1) is 0 Å². The van der Waals surface area contributed by atoms with E-state index in [1.165, 1.54) is 16.7 Å². The molecule has 0 unspecified atom stereocenters. The normalized spacial score (nSPS) is 10.8. The van der Waals surface area contributed by atoms with Crippen LogP contribution in [0.15, 0.2) is 42.5 Å². The largest absolute Gasteiger partial charge is 0.489 e. The lowest BCUT2D eigenvalue weighted by molar-refractivity contribution is 0.302. The molecule has 0 amide bonds. The van der Waals surface area contributed by atoms with Gasteiger partial charge in [-0.15, -0.1) is 0 Å². The van der Waals surface area contributed by atoms with Gasteiger partial charge in [0, 0.05) is 5.02 Å². The highest BCUT2D eigenvalue weighted by Gasteiger charge is 2.07. The minimum absolute atomic E-state index is 0.579. The van der Waals surface area contributed by atoms with Gasteiger partial charge in [0.2, 0.25) is 0 Å².